The number of nitrogens with zero attached hydrogens (tertiary/aromatic N) is 5. The molecule has 2 aromatic carbocycles. The number of para-hydroxylation sites is 1. The Hall–Kier alpha value is -4.43. The topological polar surface area (TPSA) is 70.9 Å². The molecule has 0 atom stereocenters. The quantitative estimate of drug-likeness (QED) is 0.292. The molecule has 8 heteroatoms. The van der Waals surface area contributed by atoms with Crippen molar-refractivity contribution in [2.75, 3.05) is 38.2 Å². The average Bonchev–Trinajstić information content (AvgIpc) is 3.41. The number of methoxy groups -OCH3 is 1. The monoisotopic (exact) mass is 589 g/mol. The Morgan fingerprint density at radius 2 is 1.66 bits per heavy atom. The lowest BCUT2D eigenvalue weighted by Crippen LogP contribution is -2.48. The lowest BCUT2D eigenvalue weighted by atomic mass is 9.99. The fourth-order valence-electron chi connectivity index (χ4n) is 7.15. The van der Waals surface area contributed by atoms with Crippen LogP contribution in [0, 0.1) is 0 Å². The smallest absolute Gasteiger partial charge is 0.270 e. The molecular weight excluding hydrogens is 550 g/mol. The number of likely N-dealkylation sites (tertiary alicyclic amines) is 2. The van der Waals surface area contributed by atoms with E-state index in [1.165, 1.54) is 32.4 Å². The second-order valence-corrected chi connectivity index (χ2v) is 12.1. The molecule has 0 unspecified atom stereocenters. The summed E-state index contributed by atoms with van der Waals surface area (Å²) >= 11 is 0. The van der Waals surface area contributed by atoms with Crippen LogP contribution in [0.3, 0.4) is 0 Å². The van der Waals surface area contributed by atoms with E-state index >= 15 is 0 Å². The van der Waals surface area contributed by atoms with Crippen LogP contribution in [0.15, 0.2) is 79.1 Å². The van der Waals surface area contributed by atoms with E-state index in [9.17, 15) is 9.59 Å². The Morgan fingerprint density at radius 1 is 0.841 bits per heavy atom. The van der Waals surface area contributed by atoms with Crippen molar-refractivity contribution in [3.05, 3.63) is 102 Å². The van der Waals surface area contributed by atoms with Gasteiger partial charge in [-0.1, -0.05) is 30.7 Å². The van der Waals surface area contributed by atoms with Gasteiger partial charge in [0.2, 0.25) is 0 Å². The van der Waals surface area contributed by atoms with Crippen molar-refractivity contribution in [1.82, 2.24) is 19.4 Å². The lowest BCUT2D eigenvalue weighted by molar-refractivity contribution is 0.0580. The molecule has 2 fully saturated rings. The van der Waals surface area contributed by atoms with E-state index in [1.54, 1.807) is 25.6 Å². The van der Waals surface area contributed by atoms with Crippen molar-refractivity contribution >= 4 is 17.5 Å². The lowest BCUT2D eigenvalue weighted by Gasteiger charge is -2.40. The van der Waals surface area contributed by atoms with E-state index in [0.29, 0.717) is 36.1 Å². The van der Waals surface area contributed by atoms with Crippen LogP contribution in [0.2, 0.25) is 0 Å². The van der Waals surface area contributed by atoms with Gasteiger partial charge in [0, 0.05) is 59.6 Å². The number of benzene rings is 2. The van der Waals surface area contributed by atoms with E-state index in [2.05, 4.69) is 20.5 Å². The summed E-state index contributed by atoms with van der Waals surface area (Å²) in [5, 5.41) is 0. The molecule has 0 radical (unpaired) electrons. The molecule has 7 rings (SSSR count). The second-order valence-electron chi connectivity index (χ2n) is 12.1. The zero-order chi connectivity index (χ0) is 30.0. The molecule has 0 spiro atoms. The summed E-state index contributed by atoms with van der Waals surface area (Å²) in [6.07, 6.45) is 9.51. The molecule has 8 nitrogen and oxygen atoms in total. The maximum atomic E-state index is 14.2. The molecule has 5 heterocycles. The minimum Gasteiger partial charge on any atom is -0.496 e. The fourth-order valence-corrected chi connectivity index (χ4v) is 7.15. The number of hydrogen-bond donors (Lipinski definition) is 0. The number of aromatic nitrogens is 2. The zero-order valence-electron chi connectivity index (χ0n) is 25.3. The number of amides is 2. The van der Waals surface area contributed by atoms with Gasteiger partial charge >= 0.3 is 0 Å². The minimum absolute atomic E-state index is 0.0846. The first kappa shape index (κ1) is 28.3. The molecule has 2 aromatic heterocycles. The molecule has 2 amide bonds. The first-order chi connectivity index (χ1) is 21.6. The first-order valence-corrected chi connectivity index (χ1v) is 15.8. The van der Waals surface area contributed by atoms with Crippen molar-refractivity contribution in [1.29, 1.82) is 0 Å². The van der Waals surface area contributed by atoms with E-state index in [1.807, 2.05) is 64.4 Å². The molecule has 226 valence electrons. The SMILES string of the molecule is COc1cc(C(=O)N2Cc3ccc(C(=O)N4CCC(N5CCCCC5)CC4)n3Cc3ccccc32)ccc1-c1cccnc1. The summed E-state index contributed by atoms with van der Waals surface area (Å²) in [5.41, 5.74) is 5.85. The van der Waals surface area contributed by atoms with E-state index in [4.69, 9.17) is 4.74 Å². The highest BCUT2D eigenvalue weighted by atomic mass is 16.5. The third-order valence-electron chi connectivity index (χ3n) is 9.55. The van der Waals surface area contributed by atoms with Crippen LogP contribution in [0.4, 0.5) is 5.69 Å². The fraction of sp³-hybridized carbons (Fsp3) is 0.361. The maximum Gasteiger partial charge on any atom is 0.270 e. The van der Waals surface area contributed by atoms with Crippen LogP contribution >= 0.6 is 0 Å². The third-order valence-corrected chi connectivity index (χ3v) is 9.55. The number of anilines is 1. The average molecular weight is 590 g/mol. The van der Waals surface area contributed by atoms with Crippen molar-refractivity contribution in [3.63, 3.8) is 0 Å². The van der Waals surface area contributed by atoms with E-state index in [-0.39, 0.29) is 11.8 Å². The van der Waals surface area contributed by atoms with Crippen LogP contribution in [0.5, 0.6) is 5.75 Å². The van der Waals surface area contributed by atoms with Gasteiger partial charge in [0.1, 0.15) is 11.4 Å². The zero-order valence-corrected chi connectivity index (χ0v) is 25.3. The number of rotatable bonds is 5. The van der Waals surface area contributed by atoms with Crippen LogP contribution in [-0.4, -0.2) is 70.5 Å². The third kappa shape index (κ3) is 5.39. The molecule has 4 aromatic rings. The Bertz CT molecular complexity index is 1650. The number of pyridine rings is 1. The number of ether oxygens (including phenoxy) is 1. The highest BCUT2D eigenvalue weighted by Gasteiger charge is 2.32. The van der Waals surface area contributed by atoms with Crippen LogP contribution in [-0.2, 0) is 13.1 Å². The summed E-state index contributed by atoms with van der Waals surface area (Å²) in [4.78, 5) is 38.8. The van der Waals surface area contributed by atoms with Crippen molar-refractivity contribution in [2.45, 2.75) is 51.2 Å². The van der Waals surface area contributed by atoms with Gasteiger partial charge in [-0.25, -0.2) is 0 Å². The van der Waals surface area contributed by atoms with Gasteiger partial charge in [-0.2, -0.15) is 0 Å². The number of piperidine rings is 2. The molecule has 2 saturated heterocycles. The summed E-state index contributed by atoms with van der Waals surface area (Å²) < 4.78 is 7.82. The minimum atomic E-state index is -0.115. The summed E-state index contributed by atoms with van der Waals surface area (Å²) in [6.45, 7) is 4.88. The molecule has 0 aliphatic carbocycles. The van der Waals surface area contributed by atoms with Crippen molar-refractivity contribution in [3.8, 4) is 16.9 Å². The first-order valence-electron chi connectivity index (χ1n) is 15.8. The number of carbonyl (C=O) groups is 2. The Morgan fingerprint density at radius 3 is 2.43 bits per heavy atom. The van der Waals surface area contributed by atoms with Gasteiger partial charge in [-0.3, -0.25) is 14.6 Å². The number of hydrogen-bond acceptors (Lipinski definition) is 5. The molecule has 0 bridgehead atoms. The number of fused-ring (bicyclic) bond motifs is 2. The molecule has 3 aliphatic rings. The summed E-state index contributed by atoms with van der Waals surface area (Å²) in [5.74, 6) is 0.587. The normalized spacial score (nSPS) is 17.5. The Balaban J connectivity index is 1.14. The molecule has 3 aliphatic heterocycles. The van der Waals surface area contributed by atoms with Gasteiger partial charge in [-0.15, -0.1) is 0 Å². The maximum absolute atomic E-state index is 14.2. The standard InChI is InChI=1S/C36H39N5O3/c1-44-34-22-26(11-13-31(34)27-9-7-17-37-23-27)35(42)41-25-30-12-14-33(40(30)24-28-8-3-4-10-32(28)41)36(43)39-20-15-29(16-21-39)38-18-5-2-6-19-38/h3-4,7-14,17,22-23,29H,2,5-6,15-16,18-21,24-25H2,1H3. The number of carbonyl (C=O) groups excluding carboxylic acids is 2. The van der Waals surface area contributed by atoms with E-state index < -0.39 is 0 Å². The molecule has 0 saturated carbocycles. The predicted molar refractivity (Wildman–Crippen MR) is 171 cm³/mol. The van der Waals surface area contributed by atoms with Gasteiger partial charge in [0.05, 0.1) is 20.2 Å². The van der Waals surface area contributed by atoms with Crippen LogP contribution in [0.1, 0.15) is 64.2 Å². The van der Waals surface area contributed by atoms with Gasteiger partial charge in [0.15, 0.2) is 0 Å². The van der Waals surface area contributed by atoms with Crippen LogP contribution < -0.4 is 9.64 Å². The van der Waals surface area contributed by atoms with Crippen molar-refractivity contribution in [2.24, 2.45) is 0 Å². The summed E-state index contributed by atoms with van der Waals surface area (Å²) in [6, 6.07) is 22.0. The summed E-state index contributed by atoms with van der Waals surface area (Å²) in [7, 11) is 1.62. The Labute approximate surface area is 258 Å². The van der Waals surface area contributed by atoms with Crippen molar-refractivity contribution < 1.29 is 14.3 Å². The molecule has 0 N–H and O–H groups in total. The van der Waals surface area contributed by atoms with Crippen LogP contribution in [0.25, 0.3) is 11.1 Å². The van der Waals surface area contributed by atoms with Gasteiger partial charge < -0.3 is 24.0 Å². The predicted octanol–water partition coefficient (Wildman–Crippen LogP) is 5.86. The largest absolute Gasteiger partial charge is 0.496 e. The van der Waals surface area contributed by atoms with Gasteiger partial charge in [-0.05, 0) is 86.8 Å². The van der Waals surface area contributed by atoms with E-state index in [0.717, 1.165) is 54.0 Å². The Kier molecular flexibility index (Phi) is 7.91. The highest BCUT2D eigenvalue weighted by Crippen LogP contribution is 2.34. The highest BCUT2D eigenvalue weighted by molar-refractivity contribution is 6.07. The molecule has 44 heavy (non-hydrogen) atoms. The molecular formula is C36H39N5O3. The van der Waals surface area contributed by atoms with Gasteiger partial charge in [0.25, 0.3) is 11.8 Å². The second kappa shape index (κ2) is 12.3.